The van der Waals surface area contributed by atoms with E-state index in [2.05, 4.69) is 29.0 Å². The van der Waals surface area contributed by atoms with Crippen LogP contribution in [0.2, 0.25) is 5.15 Å². The monoisotopic (exact) mass is 448 g/mol. The van der Waals surface area contributed by atoms with Gasteiger partial charge in [0.1, 0.15) is 11.0 Å². The average molecular weight is 449 g/mol. The minimum Gasteiger partial charge on any atom is -0.293 e. The van der Waals surface area contributed by atoms with Gasteiger partial charge in [0.25, 0.3) is 0 Å². The molecule has 0 unspecified atom stereocenters. The second-order valence-corrected chi connectivity index (χ2v) is 9.88. The standard InChI is InChI=1S/C24H25ClN6O/c1-12-20-16(8-14-4-7-19(25)26-9-14)24(32)31(22(12)20)23-13(2)21(29-30(23)3)18-11-28-27-10-17(18)15-5-6-15/h4,7,9-12,15-16,20,22H,5-6,8H2,1-3H3/t12-,16+,20-,22-/m0/s1. The fourth-order valence-corrected chi connectivity index (χ4v) is 5.80. The number of aryl methyl sites for hydroxylation is 1. The number of carbonyl (C=O) groups excluding carboxylic acids is 1. The summed E-state index contributed by atoms with van der Waals surface area (Å²) in [6, 6.07) is 3.99. The molecule has 4 atom stereocenters. The van der Waals surface area contributed by atoms with Gasteiger partial charge in [0.2, 0.25) is 5.91 Å². The molecule has 0 aromatic carbocycles. The van der Waals surface area contributed by atoms with Crippen LogP contribution in [0.25, 0.3) is 11.3 Å². The highest BCUT2D eigenvalue weighted by Crippen LogP contribution is 2.57. The molecule has 6 rings (SSSR count). The molecule has 0 radical (unpaired) electrons. The second-order valence-electron chi connectivity index (χ2n) is 9.49. The number of hydrogen-bond donors (Lipinski definition) is 0. The van der Waals surface area contributed by atoms with E-state index in [0.717, 1.165) is 28.2 Å². The van der Waals surface area contributed by atoms with Crippen LogP contribution >= 0.6 is 11.6 Å². The van der Waals surface area contributed by atoms with Gasteiger partial charge in [0, 0.05) is 36.3 Å². The van der Waals surface area contributed by atoms with Crippen LogP contribution in [0.15, 0.2) is 30.7 Å². The number of carbonyl (C=O) groups is 1. The Morgan fingerprint density at radius 1 is 1.16 bits per heavy atom. The first-order chi connectivity index (χ1) is 15.5. The molecule has 0 bridgehead atoms. The smallest absolute Gasteiger partial charge is 0.232 e. The summed E-state index contributed by atoms with van der Waals surface area (Å²) in [6.45, 7) is 4.31. The molecule has 3 fully saturated rings. The summed E-state index contributed by atoms with van der Waals surface area (Å²) in [6.07, 6.45) is 8.53. The van der Waals surface area contributed by atoms with Gasteiger partial charge in [-0.25, -0.2) is 4.98 Å². The van der Waals surface area contributed by atoms with E-state index in [1.54, 1.807) is 12.3 Å². The first-order valence-electron chi connectivity index (χ1n) is 11.2. The normalized spacial score (nSPS) is 26.5. The molecule has 3 aliphatic rings. The van der Waals surface area contributed by atoms with Gasteiger partial charge < -0.3 is 0 Å². The molecule has 1 aliphatic heterocycles. The highest BCUT2D eigenvalue weighted by molar-refractivity contribution is 6.29. The van der Waals surface area contributed by atoms with Gasteiger partial charge >= 0.3 is 0 Å². The van der Waals surface area contributed by atoms with Crippen molar-refractivity contribution >= 4 is 23.3 Å². The summed E-state index contributed by atoms with van der Waals surface area (Å²) < 4.78 is 1.87. The van der Waals surface area contributed by atoms with Crippen molar-refractivity contribution in [3.05, 3.63) is 52.6 Å². The van der Waals surface area contributed by atoms with Gasteiger partial charge in [0.15, 0.2) is 0 Å². The highest BCUT2D eigenvalue weighted by Gasteiger charge is 2.65. The lowest BCUT2D eigenvalue weighted by molar-refractivity contribution is -0.121. The fourth-order valence-electron chi connectivity index (χ4n) is 5.69. The van der Waals surface area contributed by atoms with Crippen LogP contribution in [-0.2, 0) is 18.3 Å². The predicted octanol–water partition coefficient (Wildman–Crippen LogP) is 3.95. The fraction of sp³-hybridized carbons (Fsp3) is 0.458. The zero-order valence-corrected chi connectivity index (χ0v) is 19.1. The lowest BCUT2D eigenvalue weighted by Gasteiger charge is -2.23. The molecular weight excluding hydrogens is 424 g/mol. The van der Waals surface area contributed by atoms with Crippen molar-refractivity contribution in [2.45, 2.75) is 45.1 Å². The van der Waals surface area contributed by atoms with Crippen molar-refractivity contribution in [1.29, 1.82) is 0 Å². The topological polar surface area (TPSA) is 76.8 Å². The maximum atomic E-state index is 13.6. The Morgan fingerprint density at radius 3 is 2.66 bits per heavy atom. The number of nitrogens with zero attached hydrogens (tertiary/aromatic N) is 6. The Balaban J connectivity index is 1.35. The SMILES string of the molecule is Cc1c(-c2cnncc2C2CC2)nn(C)c1N1C(=O)[C@H](Cc2ccc(Cl)nc2)[C@@H]2[C@H](C)[C@@H]21. The van der Waals surface area contributed by atoms with Crippen LogP contribution < -0.4 is 4.90 Å². The van der Waals surface area contributed by atoms with E-state index in [-0.39, 0.29) is 17.9 Å². The van der Waals surface area contributed by atoms with Crippen molar-refractivity contribution in [2.24, 2.45) is 24.8 Å². The first kappa shape index (κ1) is 19.9. The summed E-state index contributed by atoms with van der Waals surface area (Å²) in [4.78, 5) is 19.8. The van der Waals surface area contributed by atoms with E-state index in [1.165, 1.54) is 18.4 Å². The third kappa shape index (κ3) is 2.98. The van der Waals surface area contributed by atoms with Crippen LogP contribution in [0.3, 0.4) is 0 Å². The van der Waals surface area contributed by atoms with E-state index < -0.39 is 0 Å². The molecule has 1 saturated heterocycles. The number of fused-ring (bicyclic) bond motifs is 1. The minimum atomic E-state index is -0.0413. The average Bonchev–Trinajstić information content (AvgIpc) is 3.68. The predicted molar refractivity (Wildman–Crippen MR) is 121 cm³/mol. The van der Waals surface area contributed by atoms with E-state index in [9.17, 15) is 4.79 Å². The van der Waals surface area contributed by atoms with E-state index in [0.29, 0.717) is 29.3 Å². The molecule has 4 heterocycles. The number of piperidine rings is 1. The van der Waals surface area contributed by atoms with Crippen LogP contribution in [0, 0.1) is 24.7 Å². The number of rotatable bonds is 5. The molecule has 2 aliphatic carbocycles. The van der Waals surface area contributed by atoms with Crippen molar-refractivity contribution < 1.29 is 4.79 Å². The molecule has 0 N–H and O–H groups in total. The van der Waals surface area contributed by atoms with Crippen molar-refractivity contribution in [3.63, 3.8) is 0 Å². The minimum absolute atomic E-state index is 0.0413. The Kier molecular flexibility index (Phi) is 4.41. The second kappa shape index (κ2) is 7.10. The van der Waals surface area contributed by atoms with Gasteiger partial charge in [-0.1, -0.05) is 24.6 Å². The van der Waals surface area contributed by atoms with Crippen LogP contribution in [0.5, 0.6) is 0 Å². The summed E-state index contributed by atoms with van der Waals surface area (Å²) >= 11 is 5.94. The molecule has 0 spiro atoms. The van der Waals surface area contributed by atoms with Crippen LogP contribution in [-0.4, -0.2) is 36.9 Å². The Labute approximate surface area is 191 Å². The van der Waals surface area contributed by atoms with Gasteiger partial charge in [-0.05, 0) is 61.1 Å². The molecule has 2 saturated carbocycles. The number of halogens is 1. The maximum Gasteiger partial charge on any atom is 0.232 e. The quantitative estimate of drug-likeness (QED) is 0.552. The van der Waals surface area contributed by atoms with Gasteiger partial charge in [-0.2, -0.15) is 15.3 Å². The molecule has 32 heavy (non-hydrogen) atoms. The molecule has 8 heteroatoms. The van der Waals surface area contributed by atoms with E-state index in [1.807, 2.05) is 35.1 Å². The number of hydrogen-bond acceptors (Lipinski definition) is 5. The Morgan fingerprint density at radius 2 is 1.94 bits per heavy atom. The third-order valence-corrected chi connectivity index (χ3v) is 7.69. The van der Waals surface area contributed by atoms with Crippen molar-refractivity contribution in [1.82, 2.24) is 25.0 Å². The number of pyridine rings is 1. The zero-order chi connectivity index (χ0) is 22.1. The molecule has 3 aromatic rings. The molecular formula is C24H25ClN6O. The Bertz CT molecular complexity index is 1220. The summed E-state index contributed by atoms with van der Waals surface area (Å²) in [5.41, 5.74) is 5.24. The third-order valence-electron chi connectivity index (χ3n) is 7.47. The molecule has 1 amide bonds. The number of aromatic nitrogens is 5. The van der Waals surface area contributed by atoms with Crippen LogP contribution in [0.1, 0.15) is 42.4 Å². The number of amides is 1. The highest BCUT2D eigenvalue weighted by atomic mass is 35.5. The Hall–Kier alpha value is -2.80. The molecule has 3 aromatic heterocycles. The van der Waals surface area contributed by atoms with Crippen molar-refractivity contribution in [3.8, 4) is 11.3 Å². The molecule has 164 valence electrons. The van der Waals surface area contributed by atoms with Gasteiger partial charge in [-0.3, -0.25) is 14.4 Å². The largest absolute Gasteiger partial charge is 0.293 e. The van der Waals surface area contributed by atoms with Crippen LogP contribution in [0.4, 0.5) is 5.82 Å². The van der Waals surface area contributed by atoms with Gasteiger partial charge in [-0.15, -0.1) is 0 Å². The molecule has 7 nitrogen and oxygen atoms in total. The number of anilines is 1. The van der Waals surface area contributed by atoms with E-state index in [4.69, 9.17) is 16.7 Å². The zero-order valence-electron chi connectivity index (χ0n) is 18.4. The van der Waals surface area contributed by atoms with Crippen molar-refractivity contribution in [2.75, 3.05) is 4.90 Å². The maximum absolute atomic E-state index is 13.6. The lowest BCUT2D eigenvalue weighted by atomic mass is 9.94. The van der Waals surface area contributed by atoms with Gasteiger partial charge in [0.05, 0.1) is 18.1 Å². The summed E-state index contributed by atoms with van der Waals surface area (Å²) in [5, 5.41) is 13.6. The van der Waals surface area contributed by atoms with E-state index >= 15 is 0 Å². The first-order valence-corrected chi connectivity index (χ1v) is 11.6. The summed E-state index contributed by atoms with van der Waals surface area (Å²) in [7, 11) is 1.93. The summed E-state index contributed by atoms with van der Waals surface area (Å²) in [5.74, 6) is 2.42. The lowest BCUT2D eigenvalue weighted by Crippen LogP contribution is -2.36.